The topological polar surface area (TPSA) is 72.2 Å². The van der Waals surface area contributed by atoms with Crippen molar-refractivity contribution in [3.05, 3.63) is 82.0 Å². The van der Waals surface area contributed by atoms with Crippen LogP contribution in [0.3, 0.4) is 0 Å². The highest BCUT2D eigenvalue weighted by molar-refractivity contribution is 5.92. The van der Waals surface area contributed by atoms with Crippen LogP contribution in [0.15, 0.2) is 64.3 Å². The second-order valence-corrected chi connectivity index (χ2v) is 5.43. The lowest BCUT2D eigenvalue weighted by molar-refractivity contribution is -0.116. The largest absolute Gasteiger partial charge is 0.463 e. The smallest absolute Gasteiger partial charge is 0.244 e. The van der Waals surface area contributed by atoms with E-state index in [-0.39, 0.29) is 11.3 Å². The standard InChI is InChI=1S/C19H16N2O3/c1-13-2-4-17-16(10-13)19(23)15(12-24-17)3-5-18(22)21-11-14-6-8-20-9-7-14/h2-10,12H,11H2,1H3,(H,21,22)/b5-3+. The van der Waals surface area contributed by atoms with Crippen molar-refractivity contribution in [3.63, 3.8) is 0 Å². The van der Waals surface area contributed by atoms with Gasteiger partial charge in [0.15, 0.2) is 5.43 Å². The Labute approximate surface area is 138 Å². The normalized spacial score (nSPS) is 11.0. The van der Waals surface area contributed by atoms with Gasteiger partial charge in [0.1, 0.15) is 11.8 Å². The van der Waals surface area contributed by atoms with Gasteiger partial charge in [0, 0.05) is 25.0 Å². The van der Waals surface area contributed by atoms with Gasteiger partial charge in [0.25, 0.3) is 0 Å². The minimum absolute atomic E-state index is 0.155. The number of carbonyl (C=O) groups is 1. The number of hydrogen-bond donors (Lipinski definition) is 1. The van der Waals surface area contributed by atoms with E-state index in [4.69, 9.17) is 4.42 Å². The van der Waals surface area contributed by atoms with Crippen molar-refractivity contribution in [2.24, 2.45) is 0 Å². The Bertz CT molecular complexity index is 959. The van der Waals surface area contributed by atoms with E-state index in [0.29, 0.717) is 23.1 Å². The molecule has 2 heterocycles. The second kappa shape index (κ2) is 6.91. The zero-order valence-corrected chi connectivity index (χ0v) is 13.2. The van der Waals surface area contributed by atoms with Crippen LogP contribution in [0.5, 0.6) is 0 Å². The zero-order valence-electron chi connectivity index (χ0n) is 13.2. The molecule has 1 amide bonds. The quantitative estimate of drug-likeness (QED) is 0.750. The molecule has 3 rings (SSSR count). The first kappa shape index (κ1) is 15.7. The number of amides is 1. The van der Waals surface area contributed by atoms with Crippen LogP contribution in [0.1, 0.15) is 16.7 Å². The molecule has 120 valence electrons. The molecule has 5 heteroatoms. The molecule has 0 aliphatic carbocycles. The van der Waals surface area contributed by atoms with E-state index in [2.05, 4.69) is 10.3 Å². The van der Waals surface area contributed by atoms with E-state index in [9.17, 15) is 9.59 Å². The number of carbonyl (C=O) groups excluding carboxylic acids is 1. The van der Waals surface area contributed by atoms with Gasteiger partial charge in [-0.1, -0.05) is 11.6 Å². The fourth-order valence-electron chi connectivity index (χ4n) is 2.29. The van der Waals surface area contributed by atoms with Crippen molar-refractivity contribution in [1.82, 2.24) is 10.3 Å². The van der Waals surface area contributed by atoms with Gasteiger partial charge >= 0.3 is 0 Å². The number of nitrogens with one attached hydrogen (secondary N) is 1. The van der Waals surface area contributed by atoms with E-state index in [0.717, 1.165) is 11.1 Å². The Kier molecular flexibility index (Phi) is 4.52. The van der Waals surface area contributed by atoms with Gasteiger partial charge in [-0.25, -0.2) is 0 Å². The van der Waals surface area contributed by atoms with Crippen molar-refractivity contribution in [1.29, 1.82) is 0 Å². The average Bonchev–Trinajstić information content (AvgIpc) is 2.61. The Morgan fingerprint density at radius 3 is 2.83 bits per heavy atom. The van der Waals surface area contributed by atoms with Gasteiger partial charge in [0.05, 0.1) is 10.9 Å². The van der Waals surface area contributed by atoms with Crippen LogP contribution in [0.25, 0.3) is 17.0 Å². The molecular formula is C19H16N2O3. The fourth-order valence-corrected chi connectivity index (χ4v) is 2.29. The molecule has 0 bridgehead atoms. The van der Waals surface area contributed by atoms with E-state index in [1.54, 1.807) is 24.5 Å². The van der Waals surface area contributed by atoms with Crippen LogP contribution in [0.2, 0.25) is 0 Å². The predicted octanol–water partition coefficient (Wildman–Crippen LogP) is 2.83. The summed E-state index contributed by atoms with van der Waals surface area (Å²) >= 11 is 0. The highest BCUT2D eigenvalue weighted by Crippen LogP contribution is 2.13. The molecule has 24 heavy (non-hydrogen) atoms. The molecular weight excluding hydrogens is 304 g/mol. The number of nitrogens with zero attached hydrogens (tertiary/aromatic N) is 1. The first-order valence-corrected chi connectivity index (χ1v) is 7.50. The van der Waals surface area contributed by atoms with Crippen LogP contribution in [-0.2, 0) is 11.3 Å². The molecule has 0 aliphatic rings. The number of fused-ring (bicyclic) bond motifs is 1. The highest BCUT2D eigenvalue weighted by atomic mass is 16.3. The first-order valence-electron chi connectivity index (χ1n) is 7.50. The summed E-state index contributed by atoms with van der Waals surface area (Å²) in [5.41, 5.74) is 2.65. The van der Waals surface area contributed by atoms with Crippen LogP contribution in [0, 0.1) is 6.92 Å². The fraction of sp³-hybridized carbons (Fsp3) is 0.105. The summed E-state index contributed by atoms with van der Waals surface area (Å²) in [6.45, 7) is 2.31. The molecule has 0 atom stereocenters. The molecule has 3 aromatic rings. The Morgan fingerprint density at radius 2 is 2.04 bits per heavy atom. The van der Waals surface area contributed by atoms with E-state index < -0.39 is 0 Å². The summed E-state index contributed by atoms with van der Waals surface area (Å²) < 4.78 is 5.45. The summed E-state index contributed by atoms with van der Waals surface area (Å²) in [6, 6.07) is 9.07. The maximum absolute atomic E-state index is 12.4. The summed E-state index contributed by atoms with van der Waals surface area (Å²) in [7, 11) is 0. The van der Waals surface area contributed by atoms with Crippen molar-refractivity contribution in [2.75, 3.05) is 0 Å². The third kappa shape index (κ3) is 3.57. The van der Waals surface area contributed by atoms with Crippen molar-refractivity contribution < 1.29 is 9.21 Å². The van der Waals surface area contributed by atoms with Gasteiger partial charge < -0.3 is 9.73 Å². The lowest BCUT2D eigenvalue weighted by Gasteiger charge is -2.02. The second-order valence-electron chi connectivity index (χ2n) is 5.43. The summed E-state index contributed by atoms with van der Waals surface area (Å²) in [4.78, 5) is 28.2. The number of pyridine rings is 1. The maximum Gasteiger partial charge on any atom is 0.244 e. The Morgan fingerprint density at radius 1 is 1.25 bits per heavy atom. The van der Waals surface area contributed by atoms with Gasteiger partial charge in [-0.2, -0.15) is 0 Å². The van der Waals surface area contributed by atoms with Gasteiger partial charge in [0.2, 0.25) is 5.91 Å². The molecule has 1 aromatic carbocycles. The summed E-state index contributed by atoms with van der Waals surface area (Å²) in [6.07, 6.45) is 7.50. The average molecular weight is 320 g/mol. The third-order valence-corrected chi connectivity index (χ3v) is 3.59. The number of aromatic nitrogens is 1. The Balaban J connectivity index is 1.74. The van der Waals surface area contributed by atoms with Crippen LogP contribution >= 0.6 is 0 Å². The molecule has 1 N–H and O–H groups in total. The molecule has 5 nitrogen and oxygen atoms in total. The first-order chi connectivity index (χ1) is 11.6. The number of aryl methyl sites for hydroxylation is 1. The van der Waals surface area contributed by atoms with E-state index >= 15 is 0 Å². The number of rotatable bonds is 4. The molecule has 0 saturated heterocycles. The predicted molar refractivity (Wildman–Crippen MR) is 92.3 cm³/mol. The summed E-state index contributed by atoms with van der Waals surface area (Å²) in [5, 5.41) is 3.26. The molecule has 0 spiro atoms. The highest BCUT2D eigenvalue weighted by Gasteiger charge is 2.05. The van der Waals surface area contributed by atoms with Gasteiger partial charge in [-0.3, -0.25) is 14.6 Å². The molecule has 0 unspecified atom stereocenters. The maximum atomic E-state index is 12.4. The zero-order chi connectivity index (χ0) is 16.9. The van der Waals surface area contributed by atoms with Crippen LogP contribution in [0.4, 0.5) is 0 Å². The monoisotopic (exact) mass is 320 g/mol. The SMILES string of the molecule is Cc1ccc2occ(/C=C/C(=O)NCc3ccncc3)c(=O)c2c1. The number of hydrogen-bond acceptors (Lipinski definition) is 4. The van der Waals surface area contributed by atoms with E-state index in [1.807, 2.05) is 25.1 Å². The van der Waals surface area contributed by atoms with Crippen molar-refractivity contribution >= 4 is 23.0 Å². The number of benzene rings is 1. The van der Waals surface area contributed by atoms with E-state index in [1.165, 1.54) is 18.4 Å². The minimum Gasteiger partial charge on any atom is -0.463 e. The van der Waals surface area contributed by atoms with Gasteiger partial charge in [-0.05, 0) is 42.8 Å². The van der Waals surface area contributed by atoms with Crippen molar-refractivity contribution in [3.8, 4) is 0 Å². The lowest BCUT2D eigenvalue weighted by atomic mass is 10.1. The molecule has 0 aliphatic heterocycles. The Hall–Kier alpha value is -3.21. The van der Waals surface area contributed by atoms with Crippen LogP contribution < -0.4 is 10.7 Å². The molecule has 0 radical (unpaired) electrons. The summed E-state index contributed by atoms with van der Waals surface area (Å²) in [5.74, 6) is -0.282. The third-order valence-electron chi connectivity index (χ3n) is 3.59. The lowest BCUT2D eigenvalue weighted by Crippen LogP contribution is -2.20. The van der Waals surface area contributed by atoms with Crippen molar-refractivity contribution in [2.45, 2.75) is 13.5 Å². The minimum atomic E-state index is -0.282. The molecule has 0 fully saturated rings. The van der Waals surface area contributed by atoms with Crippen LogP contribution in [-0.4, -0.2) is 10.9 Å². The van der Waals surface area contributed by atoms with Gasteiger partial charge in [-0.15, -0.1) is 0 Å². The molecule has 2 aromatic heterocycles. The molecule has 0 saturated carbocycles.